The number of carbonyl (C=O) groups is 6. The lowest BCUT2D eigenvalue weighted by molar-refractivity contribution is -0.167. The van der Waals surface area contributed by atoms with Crippen molar-refractivity contribution in [3.05, 3.63) is 24.3 Å². The fourth-order valence-corrected chi connectivity index (χ4v) is 6.02. The Bertz CT molecular complexity index is 1960. The van der Waals surface area contributed by atoms with Crippen molar-refractivity contribution in [1.29, 1.82) is 0 Å². The Hall–Kier alpha value is -4.40. The number of rotatable bonds is 14. The number of hydrogen-bond donors (Lipinski definition) is 0. The van der Waals surface area contributed by atoms with Gasteiger partial charge in [-0.2, -0.15) is 0 Å². The average Bonchev–Trinajstić information content (AvgIpc) is 3.26. The van der Waals surface area contributed by atoms with Gasteiger partial charge in [-0.3, -0.25) is 9.59 Å². The zero-order valence-electron chi connectivity index (χ0n) is 52.9. The molecular formula is C50H84B8N2O26. The minimum Gasteiger partial charge on any atom is -0.524 e. The van der Waals surface area contributed by atoms with Crippen molar-refractivity contribution in [1.82, 2.24) is 9.80 Å². The first-order valence-corrected chi connectivity index (χ1v) is 27.7. The second-order valence-electron chi connectivity index (χ2n) is 20.8. The highest BCUT2D eigenvalue weighted by Gasteiger charge is 2.46. The van der Waals surface area contributed by atoms with Gasteiger partial charge in [0.15, 0.2) is 36.6 Å². The fourth-order valence-electron chi connectivity index (χ4n) is 6.02. The van der Waals surface area contributed by atoms with Crippen LogP contribution in [0.5, 0.6) is 11.5 Å². The molecule has 36 heteroatoms. The van der Waals surface area contributed by atoms with E-state index in [1.165, 1.54) is 48.2 Å². The number of hydrogen-bond acceptors (Lipinski definition) is 26. The monoisotopic (exact) mass is 1220 g/mol. The van der Waals surface area contributed by atoms with Crippen LogP contribution in [0.15, 0.2) is 24.3 Å². The lowest BCUT2D eigenvalue weighted by Crippen LogP contribution is -2.47. The molecule has 7 aliphatic rings. The quantitative estimate of drug-likeness (QED) is 0.110. The zero-order valence-corrected chi connectivity index (χ0v) is 52.9. The maximum absolute atomic E-state index is 11.6. The van der Waals surface area contributed by atoms with Crippen LogP contribution in [0, 0.1) is 5.41 Å². The van der Waals surface area contributed by atoms with Gasteiger partial charge in [-0.15, -0.1) is 0 Å². The van der Waals surface area contributed by atoms with Gasteiger partial charge in [0, 0.05) is 73.2 Å². The molecule has 474 valence electrons. The van der Waals surface area contributed by atoms with Gasteiger partial charge in [-0.25, -0.2) is 19.2 Å². The number of ether oxygens (including phenoxy) is 4. The van der Waals surface area contributed by atoms with Crippen LogP contribution in [-0.2, 0) is 113 Å². The highest BCUT2D eigenvalue weighted by molar-refractivity contribution is 6.23. The normalized spacial score (nSPS) is 22.5. The summed E-state index contributed by atoms with van der Waals surface area (Å²) in [5.41, 5.74) is -0.172. The van der Waals surface area contributed by atoms with Crippen LogP contribution in [0.2, 0.25) is 0 Å². The van der Waals surface area contributed by atoms with Gasteiger partial charge in [0.2, 0.25) is 0 Å². The van der Waals surface area contributed by atoms with Crippen molar-refractivity contribution >= 4 is 97.2 Å². The Morgan fingerprint density at radius 1 is 0.500 bits per heavy atom. The number of fused-ring (bicyclic) bond motifs is 1. The first kappa shape index (κ1) is 79.6. The Balaban J connectivity index is 0.000000503. The van der Waals surface area contributed by atoms with Crippen molar-refractivity contribution in [2.75, 3.05) is 81.0 Å². The minimum absolute atomic E-state index is 0.187. The summed E-state index contributed by atoms with van der Waals surface area (Å²) >= 11 is 0. The number of para-hydroxylation sites is 2. The van der Waals surface area contributed by atoms with Crippen LogP contribution in [-0.4, -0.2) is 248 Å². The third-order valence-corrected chi connectivity index (χ3v) is 11.2. The molecule has 6 saturated heterocycles. The van der Waals surface area contributed by atoms with E-state index in [1.807, 2.05) is 65.8 Å². The second-order valence-corrected chi connectivity index (χ2v) is 20.8. The van der Waals surface area contributed by atoms with Crippen molar-refractivity contribution in [2.24, 2.45) is 5.41 Å². The van der Waals surface area contributed by atoms with Gasteiger partial charge >= 0.3 is 85.4 Å². The predicted octanol–water partition coefficient (Wildman–Crippen LogP) is 1.38. The molecule has 7 heterocycles. The highest BCUT2D eigenvalue weighted by Crippen LogP contribution is 2.33. The molecule has 0 saturated carbocycles. The van der Waals surface area contributed by atoms with Crippen molar-refractivity contribution in [3.63, 3.8) is 0 Å². The van der Waals surface area contributed by atoms with Crippen LogP contribution >= 0.6 is 0 Å². The topological polar surface area (TPSA) is 294 Å². The van der Waals surface area contributed by atoms with Crippen molar-refractivity contribution in [2.45, 2.75) is 163 Å². The SMILES string of the molecule is CC(C)OC(=O)C1O[B]OC1C(=O)OC(C)C.CC1(C)CO[B]OC1.CC1(C)O[B]OC1(C)C.CCOC(=O)C1O[B]OC1C(=O)OCC.CCO[B]OCC.CN(C)C(=O)C1O[B]OC1C(=O)N(C)C.[B]1OCCCO1.[B]1Oc2ccccc2O1. The molecule has 0 aliphatic carbocycles. The molecule has 2 amide bonds. The van der Waals surface area contributed by atoms with Crippen LogP contribution in [0.25, 0.3) is 0 Å². The summed E-state index contributed by atoms with van der Waals surface area (Å²) in [6.07, 6.45) is -5.62. The van der Waals surface area contributed by atoms with Gasteiger partial charge in [-0.05, 0) is 102 Å². The molecule has 0 spiro atoms. The van der Waals surface area contributed by atoms with E-state index in [0.29, 0.717) is 13.2 Å². The Labute approximate surface area is 513 Å². The fraction of sp³-hybridized carbons (Fsp3) is 0.760. The summed E-state index contributed by atoms with van der Waals surface area (Å²) in [6.45, 7) is 31.2. The Kier molecular flexibility index (Phi) is 40.1. The van der Waals surface area contributed by atoms with Crippen LogP contribution in [0.4, 0.5) is 0 Å². The Morgan fingerprint density at radius 3 is 1.10 bits per heavy atom. The number of esters is 4. The number of carbonyl (C=O) groups excluding carboxylic acids is 6. The first-order chi connectivity index (χ1) is 40.6. The summed E-state index contributed by atoms with van der Waals surface area (Å²) in [5, 5.41) is 0. The molecule has 1 aromatic carbocycles. The lowest BCUT2D eigenvalue weighted by Gasteiger charge is -2.32. The number of nitrogens with zero attached hydrogens (tertiary/aromatic N) is 2. The van der Waals surface area contributed by atoms with E-state index in [-0.39, 0.29) is 53.9 Å². The summed E-state index contributed by atoms with van der Waals surface area (Å²) in [7, 11) is 16.2. The van der Waals surface area contributed by atoms with Gasteiger partial charge in [-0.1, -0.05) is 26.0 Å². The van der Waals surface area contributed by atoms with Gasteiger partial charge in [0.05, 0.1) is 36.6 Å². The molecule has 1 aromatic rings. The highest BCUT2D eigenvalue weighted by atomic mass is 16.7. The van der Waals surface area contributed by atoms with E-state index in [4.69, 9.17) is 93.4 Å². The maximum Gasteiger partial charge on any atom is 0.658 e. The molecule has 8 radical (unpaired) electrons. The van der Waals surface area contributed by atoms with Crippen LogP contribution < -0.4 is 9.31 Å². The maximum atomic E-state index is 11.6. The standard InChI is InChI=1S/C10H16BO6.C8H14BN2O4.C8H12BO6.C6H4BO2.C6H12BO2.C5H10BO2.C4H10BO2.C3H6BO2/c1-5(2)14-9(12)7-8(17-11-16-7)10(13)15-6(3)4;1-10(2)7(12)5-6(15-9-14-5)8(13)11(3)4;1-3-12-7(10)5-6(15-9-14-5)8(11)13-4-2;1-2-4-6-5(3-1)8-7-9-6;1-5(2)6(3,4)9-7-8-5;1-5(2)3-7-6-8-4-5;1-3-6-5-7-4-2;1-2-5-4-6-3-1/h5-8H,1-4H3;5-6H,1-4H3;5-6H,3-4H2,1-2H3;1-4H;1-4H3;3-4H2,1-2H3;3-4H2,1-2H3;1-3H2. The number of benzene rings is 1. The molecule has 0 aromatic heterocycles. The third-order valence-electron chi connectivity index (χ3n) is 11.2. The summed E-state index contributed by atoms with van der Waals surface area (Å²) in [4.78, 5) is 71.8. The van der Waals surface area contributed by atoms with Gasteiger partial charge < -0.3 is 103 Å². The smallest absolute Gasteiger partial charge is 0.524 e. The number of likely N-dealkylation sites (N-methyl/N-ethyl adjacent to an activating group) is 2. The molecule has 28 nitrogen and oxygen atoms in total. The molecular weight excluding hydrogens is 1130 g/mol. The van der Waals surface area contributed by atoms with Gasteiger partial charge in [0.1, 0.15) is 11.5 Å². The molecule has 0 N–H and O–H groups in total. The van der Waals surface area contributed by atoms with E-state index in [2.05, 4.69) is 13.8 Å². The zero-order chi connectivity index (χ0) is 64.9. The predicted molar refractivity (Wildman–Crippen MR) is 312 cm³/mol. The van der Waals surface area contributed by atoms with Gasteiger partial charge in [0.25, 0.3) is 11.8 Å². The van der Waals surface area contributed by atoms with Crippen molar-refractivity contribution < 1.29 is 122 Å². The number of amides is 2. The minimum atomic E-state index is -1.09. The van der Waals surface area contributed by atoms with E-state index in [1.54, 1.807) is 69.7 Å². The first-order valence-electron chi connectivity index (χ1n) is 27.7. The largest absolute Gasteiger partial charge is 0.658 e. The average molecular weight is 1220 g/mol. The molecule has 6 unspecified atom stereocenters. The summed E-state index contributed by atoms with van der Waals surface area (Å²) < 4.78 is 97.8. The lowest BCUT2D eigenvalue weighted by atomic mass is 9.90. The second kappa shape index (κ2) is 43.3. The molecule has 7 aliphatic heterocycles. The molecule has 86 heavy (non-hydrogen) atoms. The van der Waals surface area contributed by atoms with E-state index < -0.39 is 60.5 Å². The Morgan fingerprint density at radius 2 is 0.849 bits per heavy atom. The molecule has 6 fully saturated rings. The summed E-state index contributed by atoms with van der Waals surface area (Å²) in [5.74, 6) is -1.55. The van der Waals surface area contributed by atoms with E-state index in [9.17, 15) is 28.8 Å². The van der Waals surface area contributed by atoms with Crippen LogP contribution in [0.1, 0.15) is 103 Å². The van der Waals surface area contributed by atoms with E-state index in [0.717, 1.165) is 67.4 Å². The third kappa shape index (κ3) is 31.2. The van der Waals surface area contributed by atoms with Crippen molar-refractivity contribution in [3.8, 4) is 11.5 Å². The molecule has 0 bridgehead atoms. The van der Waals surface area contributed by atoms with Crippen LogP contribution in [0.3, 0.4) is 0 Å². The molecule has 6 atom stereocenters. The van der Waals surface area contributed by atoms with E-state index >= 15 is 0 Å². The molecule has 8 rings (SSSR count). The summed E-state index contributed by atoms with van der Waals surface area (Å²) in [6, 6.07) is 7.53.